The van der Waals surface area contributed by atoms with E-state index in [4.69, 9.17) is 5.73 Å². The van der Waals surface area contributed by atoms with Crippen LogP contribution in [-0.4, -0.2) is 12.5 Å². The van der Waals surface area contributed by atoms with Crippen molar-refractivity contribution in [1.82, 2.24) is 0 Å². The molecule has 1 amide bonds. The molecular formula is C16H19ClN2OS. The SMILES string of the molecule is CC(C(=O)N1CCCc2c(N)cccc21)c1ccsc1.Cl. The normalized spacial score (nSPS) is 15.0. The molecule has 112 valence electrons. The van der Waals surface area contributed by atoms with E-state index in [9.17, 15) is 4.79 Å². The molecule has 1 aliphatic rings. The second kappa shape index (κ2) is 6.50. The summed E-state index contributed by atoms with van der Waals surface area (Å²) in [6.45, 7) is 2.76. The minimum Gasteiger partial charge on any atom is -0.398 e. The third-order valence-electron chi connectivity index (χ3n) is 3.97. The van der Waals surface area contributed by atoms with Crippen LogP contribution in [0.25, 0.3) is 0 Å². The Kier molecular flexibility index (Phi) is 4.91. The number of fused-ring (bicyclic) bond motifs is 1. The molecule has 1 aromatic heterocycles. The van der Waals surface area contributed by atoms with Gasteiger partial charge in [0.1, 0.15) is 0 Å². The number of hydrogen-bond acceptors (Lipinski definition) is 3. The fraction of sp³-hybridized carbons (Fsp3) is 0.312. The van der Waals surface area contributed by atoms with Gasteiger partial charge in [0.2, 0.25) is 5.91 Å². The molecule has 21 heavy (non-hydrogen) atoms. The number of nitrogen functional groups attached to an aromatic ring is 1. The second-order valence-electron chi connectivity index (χ2n) is 5.22. The molecule has 2 aromatic rings. The summed E-state index contributed by atoms with van der Waals surface area (Å²) in [4.78, 5) is 14.7. The van der Waals surface area contributed by atoms with Crippen LogP contribution in [0.3, 0.4) is 0 Å². The van der Waals surface area contributed by atoms with E-state index in [0.717, 1.165) is 41.9 Å². The molecule has 1 atom stereocenters. The van der Waals surface area contributed by atoms with Crippen molar-refractivity contribution < 1.29 is 4.79 Å². The van der Waals surface area contributed by atoms with E-state index in [0.29, 0.717) is 0 Å². The van der Waals surface area contributed by atoms with Gasteiger partial charge in [0.25, 0.3) is 0 Å². The van der Waals surface area contributed by atoms with E-state index in [2.05, 4.69) is 0 Å². The Morgan fingerprint density at radius 2 is 2.19 bits per heavy atom. The molecule has 1 unspecified atom stereocenters. The van der Waals surface area contributed by atoms with Crippen LogP contribution in [0, 0.1) is 0 Å². The topological polar surface area (TPSA) is 46.3 Å². The third-order valence-corrected chi connectivity index (χ3v) is 4.67. The molecule has 0 spiro atoms. The number of benzene rings is 1. The van der Waals surface area contributed by atoms with E-state index in [1.807, 2.05) is 46.8 Å². The summed E-state index contributed by atoms with van der Waals surface area (Å²) in [5, 5.41) is 4.06. The maximum absolute atomic E-state index is 12.8. The van der Waals surface area contributed by atoms with E-state index in [-0.39, 0.29) is 24.2 Å². The standard InChI is InChI=1S/C16H18N2OS.ClH/c1-11(12-7-9-20-10-12)16(19)18-8-3-4-13-14(17)5-2-6-15(13)18;/h2,5-7,9-11H,3-4,8,17H2,1H3;1H. The maximum atomic E-state index is 12.8. The first kappa shape index (κ1) is 15.9. The highest BCUT2D eigenvalue weighted by Crippen LogP contribution is 2.33. The summed E-state index contributed by atoms with van der Waals surface area (Å²) in [5.41, 5.74) is 10.0. The molecule has 0 aliphatic carbocycles. The predicted molar refractivity (Wildman–Crippen MR) is 91.5 cm³/mol. The summed E-state index contributed by atoms with van der Waals surface area (Å²) in [6.07, 6.45) is 1.93. The average Bonchev–Trinajstić information content (AvgIpc) is 3.00. The average molecular weight is 323 g/mol. The van der Waals surface area contributed by atoms with Crippen molar-refractivity contribution in [3.05, 3.63) is 46.2 Å². The van der Waals surface area contributed by atoms with Crippen LogP contribution >= 0.6 is 23.7 Å². The van der Waals surface area contributed by atoms with Gasteiger partial charge in [0, 0.05) is 17.9 Å². The lowest BCUT2D eigenvalue weighted by atomic mass is 9.96. The molecule has 0 bridgehead atoms. The first-order chi connectivity index (χ1) is 9.68. The van der Waals surface area contributed by atoms with Gasteiger partial charge in [-0.3, -0.25) is 4.79 Å². The second-order valence-corrected chi connectivity index (χ2v) is 6.00. The first-order valence-electron chi connectivity index (χ1n) is 6.89. The first-order valence-corrected chi connectivity index (χ1v) is 7.83. The highest BCUT2D eigenvalue weighted by atomic mass is 35.5. The highest BCUT2D eigenvalue weighted by molar-refractivity contribution is 7.08. The van der Waals surface area contributed by atoms with Gasteiger partial charge in [-0.1, -0.05) is 6.07 Å². The molecule has 2 N–H and O–H groups in total. The smallest absolute Gasteiger partial charge is 0.234 e. The van der Waals surface area contributed by atoms with Crippen molar-refractivity contribution in [2.24, 2.45) is 0 Å². The van der Waals surface area contributed by atoms with Crippen molar-refractivity contribution >= 4 is 41.0 Å². The van der Waals surface area contributed by atoms with Gasteiger partial charge in [0.15, 0.2) is 0 Å². The number of hydrogen-bond donors (Lipinski definition) is 1. The third kappa shape index (κ3) is 2.92. The summed E-state index contributed by atoms with van der Waals surface area (Å²) in [5.74, 6) is 0.0589. The number of anilines is 2. The molecule has 1 aliphatic heterocycles. The zero-order valence-electron chi connectivity index (χ0n) is 11.9. The van der Waals surface area contributed by atoms with Crippen LogP contribution in [-0.2, 0) is 11.2 Å². The van der Waals surface area contributed by atoms with Gasteiger partial charge in [-0.25, -0.2) is 0 Å². The number of thiophene rings is 1. The zero-order valence-corrected chi connectivity index (χ0v) is 13.5. The summed E-state index contributed by atoms with van der Waals surface area (Å²) >= 11 is 1.63. The molecule has 0 saturated carbocycles. The molecule has 0 saturated heterocycles. The zero-order chi connectivity index (χ0) is 14.1. The van der Waals surface area contributed by atoms with E-state index in [1.165, 1.54) is 0 Å². The van der Waals surface area contributed by atoms with Crippen LogP contribution in [0.2, 0.25) is 0 Å². The molecular weight excluding hydrogens is 304 g/mol. The number of carbonyl (C=O) groups excluding carboxylic acids is 1. The fourth-order valence-corrected chi connectivity index (χ4v) is 3.53. The Hall–Kier alpha value is -1.52. The molecule has 2 heterocycles. The Balaban J connectivity index is 0.00000161. The molecule has 0 fully saturated rings. The van der Waals surface area contributed by atoms with Crippen LogP contribution in [0.1, 0.15) is 30.4 Å². The minimum atomic E-state index is -0.103. The Morgan fingerprint density at radius 3 is 2.90 bits per heavy atom. The molecule has 5 heteroatoms. The van der Waals surface area contributed by atoms with Crippen molar-refractivity contribution in [3.8, 4) is 0 Å². The van der Waals surface area contributed by atoms with Crippen molar-refractivity contribution in [1.29, 1.82) is 0 Å². The van der Waals surface area contributed by atoms with Crippen molar-refractivity contribution in [2.45, 2.75) is 25.7 Å². The van der Waals surface area contributed by atoms with E-state index < -0.39 is 0 Å². The van der Waals surface area contributed by atoms with E-state index in [1.54, 1.807) is 11.3 Å². The fourth-order valence-electron chi connectivity index (χ4n) is 2.78. The number of amides is 1. The Bertz CT molecular complexity index is 627. The number of rotatable bonds is 2. The van der Waals surface area contributed by atoms with Crippen LogP contribution in [0.5, 0.6) is 0 Å². The lowest BCUT2D eigenvalue weighted by Gasteiger charge is -2.32. The minimum absolute atomic E-state index is 0. The number of carbonyl (C=O) groups is 1. The van der Waals surface area contributed by atoms with Crippen molar-refractivity contribution in [3.63, 3.8) is 0 Å². The monoisotopic (exact) mass is 322 g/mol. The van der Waals surface area contributed by atoms with Gasteiger partial charge >= 0.3 is 0 Å². The number of nitrogens with zero attached hydrogens (tertiary/aromatic N) is 1. The summed E-state index contributed by atoms with van der Waals surface area (Å²) < 4.78 is 0. The molecule has 1 aromatic carbocycles. The summed E-state index contributed by atoms with van der Waals surface area (Å²) in [7, 11) is 0. The van der Waals surface area contributed by atoms with Gasteiger partial charge in [-0.2, -0.15) is 11.3 Å². The van der Waals surface area contributed by atoms with Crippen LogP contribution in [0.15, 0.2) is 35.0 Å². The van der Waals surface area contributed by atoms with Gasteiger partial charge in [-0.05, 0) is 59.9 Å². The number of halogens is 1. The molecule has 3 nitrogen and oxygen atoms in total. The van der Waals surface area contributed by atoms with Crippen LogP contribution < -0.4 is 10.6 Å². The van der Waals surface area contributed by atoms with Gasteiger partial charge < -0.3 is 10.6 Å². The molecule has 3 rings (SSSR count). The maximum Gasteiger partial charge on any atom is 0.234 e. The van der Waals surface area contributed by atoms with Crippen LogP contribution in [0.4, 0.5) is 11.4 Å². The highest BCUT2D eigenvalue weighted by Gasteiger charge is 2.27. The quantitative estimate of drug-likeness (QED) is 0.854. The lowest BCUT2D eigenvalue weighted by molar-refractivity contribution is -0.119. The summed E-state index contributed by atoms with van der Waals surface area (Å²) in [6, 6.07) is 7.87. The Morgan fingerprint density at radius 1 is 1.38 bits per heavy atom. The number of nitrogens with two attached hydrogens (primary N) is 1. The van der Waals surface area contributed by atoms with Crippen molar-refractivity contribution in [2.75, 3.05) is 17.2 Å². The Labute approximate surface area is 135 Å². The van der Waals surface area contributed by atoms with Gasteiger partial charge in [0.05, 0.1) is 5.92 Å². The van der Waals surface area contributed by atoms with Gasteiger partial charge in [-0.15, -0.1) is 12.4 Å². The molecule has 0 radical (unpaired) electrons. The lowest BCUT2D eigenvalue weighted by Crippen LogP contribution is -2.38. The van der Waals surface area contributed by atoms with E-state index >= 15 is 0 Å². The largest absolute Gasteiger partial charge is 0.398 e. The predicted octanol–water partition coefficient (Wildman–Crippen LogP) is 3.84.